The van der Waals surface area contributed by atoms with Crippen LogP contribution >= 0.6 is 15.9 Å². The molecule has 2 aliphatic rings. The third-order valence-electron chi connectivity index (χ3n) is 6.52. The summed E-state index contributed by atoms with van der Waals surface area (Å²) in [7, 11) is 0. The molecule has 32 heavy (non-hydrogen) atoms. The molecule has 6 nitrogen and oxygen atoms in total. The fourth-order valence-electron chi connectivity index (χ4n) is 4.66. The first-order chi connectivity index (χ1) is 15.3. The summed E-state index contributed by atoms with van der Waals surface area (Å²) in [5, 5.41) is 3.36. The van der Waals surface area contributed by atoms with E-state index in [9.17, 15) is 9.18 Å². The van der Waals surface area contributed by atoms with Gasteiger partial charge in [0, 0.05) is 50.0 Å². The van der Waals surface area contributed by atoms with Gasteiger partial charge in [0.15, 0.2) is 0 Å². The average Bonchev–Trinajstić information content (AvgIpc) is 3.17. The first kappa shape index (κ1) is 23.1. The summed E-state index contributed by atoms with van der Waals surface area (Å²) >= 11 is 3.21. The Kier molecular flexibility index (Phi) is 7.10. The van der Waals surface area contributed by atoms with E-state index in [0.29, 0.717) is 35.6 Å². The van der Waals surface area contributed by atoms with Crippen molar-refractivity contribution < 1.29 is 9.18 Å². The van der Waals surface area contributed by atoms with Gasteiger partial charge >= 0.3 is 0 Å². The molecule has 1 saturated heterocycles. The number of aryl methyl sites for hydroxylation is 1. The normalized spacial score (nSPS) is 19.4. The van der Waals surface area contributed by atoms with Crippen molar-refractivity contribution in [1.82, 2.24) is 20.2 Å². The third-order valence-corrected chi connectivity index (χ3v) is 7.16. The Hall–Kier alpha value is -2.06. The quantitative estimate of drug-likeness (QED) is 0.648. The van der Waals surface area contributed by atoms with Gasteiger partial charge in [0.25, 0.3) is 0 Å². The lowest BCUT2D eigenvalue weighted by atomic mass is 9.96. The molecule has 8 heteroatoms. The molecule has 1 aliphatic carbocycles. The third kappa shape index (κ3) is 4.81. The molecule has 1 N–H and O–H groups in total. The Balaban J connectivity index is 1.48. The van der Waals surface area contributed by atoms with Crippen molar-refractivity contribution in [2.45, 2.75) is 51.5 Å². The van der Waals surface area contributed by atoms with Gasteiger partial charge in [0.05, 0.1) is 10.4 Å². The minimum atomic E-state index is -0.421. The van der Waals surface area contributed by atoms with Crippen LogP contribution in [0.2, 0.25) is 0 Å². The van der Waals surface area contributed by atoms with E-state index >= 15 is 0 Å². The minimum absolute atomic E-state index is 0.0424. The van der Waals surface area contributed by atoms with Crippen molar-refractivity contribution in [2.75, 3.05) is 37.6 Å². The monoisotopic (exact) mass is 503 g/mol. The molecule has 2 atom stereocenters. The topological polar surface area (TPSA) is 61.4 Å². The molecule has 1 amide bonds. The van der Waals surface area contributed by atoms with Crippen LogP contribution in [-0.2, 0) is 11.2 Å². The van der Waals surface area contributed by atoms with Gasteiger partial charge in [-0.2, -0.15) is 0 Å². The zero-order chi connectivity index (χ0) is 22.8. The first-order valence-electron chi connectivity index (χ1n) is 11.4. The molecular formula is C24H31BrFN5O. The smallest absolute Gasteiger partial charge is 0.231 e. The molecule has 1 aromatic carbocycles. The van der Waals surface area contributed by atoms with Crippen molar-refractivity contribution in [3.63, 3.8) is 0 Å². The summed E-state index contributed by atoms with van der Waals surface area (Å²) in [5.74, 6) is 0.775. The Morgan fingerprint density at radius 3 is 2.69 bits per heavy atom. The van der Waals surface area contributed by atoms with E-state index in [1.165, 1.54) is 11.6 Å². The van der Waals surface area contributed by atoms with Crippen molar-refractivity contribution in [2.24, 2.45) is 0 Å². The maximum absolute atomic E-state index is 14.2. The Morgan fingerprint density at radius 1 is 1.25 bits per heavy atom. The summed E-state index contributed by atoms with van der Waals surface area (Å²) < 4.78 is 14.6. The number of benzene rings is 1. The first-order valence-corrected chi connectivity index (χ1v) is 12.2. The zero-order valence-corrected chi connectivity index (χ0v) is 20.5. The van der Waals surface area contributed by atoms with Crippen LogP contribution in [0, 0.1) is 5.82 Å². The molecule has 0 saturated carbocycles. The Bertz CT molecular complexity index is 977. The molecule has 1 aromatic heterocycles. The largest absolute Gasteiger partial charge is 0.353 e. The van der Waals surface area contributed by atoms with Crippen LogP contribution in [0.1, 0.15) is 55.8 Å². The Morgan fingerprint density at radius 2 is 2.00 bits per heavy atom. The van der Waals surface area contributed by atoms with Gasteiger partial charge in [0.2, 0.25) is 5.91 Å². The zero-order valence-electron chi connectivity index (χ0n) is 18.9. The number of amides is 1. The van der Waals surface area contributed by atoms with Gasteiger partial charge in [-0.1, -0.05) is 26.8 Å². The van der Waals surface area contributed by atoms with Crippen LogP contribution in [0.5, 0.6) is 0 Å². The molecule has 0 unspecified atom stereocenters. The number of piperazine rings is 1. The van der Waals surface area contributed by atoms with Crippen molar-refractivity contribution in [3.05, 3.63) is 51.6 Å². The molecule has 2 heterocycles. The van der Waals surface area contributed by atoms with Crippen LogP contribution in [0.4, 0.5) is 10.2 Å². The van der Waals surface area contributed by atoms with Gasteiger partial charge in [-0.25, -0.2) is 14.4 Å². The maximum Gasteiger partial charge on any atom is 0.231 e. The predicted molar refractivity (Wildman–Crippen MR) is 128 cm³/mol. The van der Waals surface area contributed by atoms with Crippen LogP contribution in [-0.4, -0.2) is 59.5 Å². The number of anilines is 1. The minimum Gasteiger partial charge on any atom is -0.353 e. The van der Waals surface area contributed by atoms with Crippen molar-refractivity contribution >= 4 is 27.7 Å². The number of nitrogens with one attached hydrogen (secondary N) is 1. The summed E-state index contributed by atoms with van der Waals surface area (Å²) in [6, 6.07) is 5.22. The number of halogens is 2. The SMILES string of the molecule is CC(C)NC[C@@H](C(=O)N1CCN(c2ncnc3c2[C@H](C)CC3)CC1)c1ccc(Br)c(F)c1. The molecule has 1 fully saturated rings. The van der Waals surface area contributed by atoms with Crippen molar-refractivity contribution in [1.29, 1.82) is 0 Å². The highest BCUT2D eigenvalue weighted by Gasteiger charge is 2.32. The number of carbonyl (C=O) groups is 1. The predicted octanol–water partition coefficient (Wildman–Crippen LogP) is 3.86. The van der Waals surface area contributed by atoms with E-state index in [1.807, 2.05) is 24.8 Å². The highest BCUT2D eigenvalue weighted by atomic mass is 79.9. The van der Waals surface area contributed by atoms with E-state index in [2.05, 4.69) is 43.0 Å². The lowest BCUT2D eigenvalue weighted by Gasteiger charge is -2.38. The lowest BCUT2D eigenvalue weighted by Crippen LogP contribution is -2.51. The number of rotatable bonds is 6. The van der Waals surface area contributed by atoms with E-state index in [1.54, 1.807) is 12.4 Å². The van der Waals surface area contributed by atoms with Gasteiger partial charge in [0.1, 0.15) is 18.0 Å². The summed E-state index contributed by atoms with van der Waals surface area (Å²) in [6.07, 6.45) is 3.80. The summed E-state index contributed by atoms with van der Waals surface area (Å²) in [6.45, 7) is 9.54. The number of aromatic nitrogens is 2. The van der Waals surface area contributed by atoms with E-state index in [4.69, 9.17) is 0 Å². The van der Waals surface area contributed by atoms with Crippen LogP contribution in [0.25, 0.3) is 0 Å². The number of fused-ring (bicyclic) bond motifs is 1. The fourth-order valence-corrected chi connectivity index (χ4v) is 4.91. The average molecular weight is 504 g/mol. The second-order valence-electron chi connectivity index (χ2n) is 9.10. The van der Waals surface area contributed by atoms with E-state index in [-0.39, 0.29) is 17.8 Å². The second kappa shape index (κ2) is 9.83. The van der Waals surface area contributed by atoms with Crippen LogP contribution < -0.4 is 10.2 Å². The molecule has 0 spiro atoms. The number of hydrogen-bond donors (Lipinski definition) is 1. The van der Waals surface area contributed by atoms with Gasteiger partial charge in [-0.05, 0) is 52.4 Å². The fraction of sp³-hybridized carbons (Fsp3) is 0.542. The molecule has 0 bridgehead atoms. The highest BCUT2D eigenvalue weighted by molar-refractivity contribution is 9.10. The standard InChI is InChI=1S/C24H31BrFN5O/c1-15(2)27-13-18(17-5-6-19(25)20(26)12-17)24(32)31-10-8-30(9-11-31)23-22-16(3)4-7-21(22)28-14-29-23/h5-6,12,14-16,18,27H,4,7-11,13H2,1-3H3/t16-,18-/m1/s1. The molecule has 1 aliphatic heterocycles. The number of carbonyl (C=O) groups excluding carboxylic acids is 1. The molecular weight excluding hydrogens is 473 g/mol. The second-order valence-corrected chi connectivity index (χ2v) is 9.95. The molecule has 2 aromatic rings. The summed E-state index contributed by atoms with van der Waals surface area (Å²) in [5.41, 5.74) is 3.14. The van der Waals surface area contributed by atoms with Gasteiger partial charge in [-0.15, -0.1) is 0 Å². The molecule has 0 radical (unpaired) electrons. The van der Waals surface area contributed by atoms with Crippen molar-refractivity contribution in [3.8, 4) is 0 Å². The highest BCUT2D eigenvalue weighted by Crippen LogP contribution is 2.37. The lowest BCUT2D eigenvalue weighted by molar-refractivity contribution is -0.133. The molecule has 4 rings (SSSR count). The summed E-state index contributed by atoms with van der Waals surface area (Å²) in [4.78, 5) is 26.8. The van der Waals surface area contributed by atoms with E-state index in [0.717, 1.165) is 37.4 Å². The number of hydrogen-bond acceptors (Lipinski definition) is 5. The van der Waals surface area contributed by atoms with Gasteiger partial charge < -0.3 is 15.1 Å². The number of nitrogens with zero attached hydrogens (tertiary/aromatic N) is 4. The molecule has 172 valence electrons. The van der Waals surface area contributed by atoms with Gasteiger partial charge in [-0.3, -0.25) is 4.79 Å². The van der Waals surface area contributed by atoms with Crippen LogP contribution in [0.3, 0.4) is 0 Å². The van der Waals surface area contributed by atoms with E-state index < -0.39 is 5.92 Å². The Labute approximate surface area is 197 Å². The maximum atomic E-state index is 14.2. The van der Waals surface area contributed by atoms with Crippen LogP contribution in [0.15, 0.2) is 29.0 Å².